The molecular formula is C27H18. The molecule has 126 valence electrons. The Morgan fingerprint density at radius 1 is 0.481 bits per heavy atom. The molecule has 0 atom stereocenters. The van der Waals surface area contributed by atoms with E-state index in [9.17, 15) is 0 Å². The number of aryl methyl sites for hydroxylation is 1. The Hall–Kier alpha value is -3.74. The highest BCUT2D eigenvalue weighted by Gasteiger charge is 2.02. The summed E-state index contributed by atoms with van der Waals surface area (Å²) in [5, 5.41) is 2.38. The Morgan fingerprint density at radius 2 is 1.00 bits per heavy atom. The van der Waals surface area contributed by atoms with Gasteiger partial charge in [0.25, 0.3) is 0 Å². The van der Waals surface area contributed by atoms with Crippen molar-refractivity contribution in [1.29, 1.82) is 0 Å². The molecule has 4 aromatic carbocycles. The molecule has 0 radical (unpaired) electrons. The van der Waals surface area contributed by atoms with E-state index in [2.05, 4.69) is 60.9 Å². The Kier molecular flexibility index (Phi) is 4.74. The van der Waals surface area contributed by atoms with Gasteiger partial charge in [-0.05, 0) is 54.1 Å². The van der Waals surface area contributed by atoms with Crippen LogP contribution in [0.25, 0.3) is 10.8 Å². The summed E-state index contributed by atoms with van der Waals surface area (Å²) in [6, 6.07) is 30.9. The van der Waals surface area contributed by atoms with Crippen LogP contribution in [0.5, 0.6) is 0 Å². The maximum atomic E-state index is 3.32. The van der Waals surface area contributed by atoms with Gasteiger partial charge >= 0.3 is 0 Å². The molecular weight excluding hydrogens is 324 g/mol. The van der Waals surface area contributed by atoms with Crippen molar-refractivity contribution in [2.45, 2.75) is 6.92 Å². The maximum absolute atomic E-state index is 3.32. The molecule has 0 heteroatoms. The summed E-state index contributed by atoms with van der Waals surface area (Å²) >= 11 is 0. The summed E-state index contributed by atoms with van der Waals surface area (Å²) in [5.74, 6) is 13.2. The molecule has 0 unspecified atom stereocenters. The Labute approximate surface area is 160 Å². The summed E-state index contributed by atoms with van der Waals surface area (Å²) in [6.07, 6.45) is 0. The van der Waals surface area contributed by atoms with Gasteiger partial charge in [-0.2, -0.15) is 0 Å². The van der Waals surface area contributed by atoms with Crippen LogP contribution in [0.15, 0.2) is 91.0 Å². The first-order valence-corrected chi connectivity index (χ1v) is 8.96. The third-order valence-electron chi connectivity index (χ3n) is 4.36. The number of hydrogen-bond acceptors (Lipinski definition) is 0. The van der Waals surface area contributed by atoms with Crippen LogP contribution in [0, 0.1) is 30.6 Å². The average Bonchev–Trinajstić information content (AvgIpc) is 2.72. The van der Waals surface area contributed by atoms with Crippen LogP contribution in [0.3, 0.4) is 0 Å². The van der Waals surface area contributed by atoms with Crippen LogP contribution < -0.4 is 0 Å². The van der Waals surface area contributed by atoms with Crippen molar-refractivity contribution in [1.82, 2.24) is 0 Å². The third-order valence-corrected chi connectivity index (χ3v) is 4.36. The zero-order valence-electron chi connectivity index (χ0n) is 15.2. The summed E-state index contributed by atoms with van der Waals surface area (Å²) in [7, 11) is 0. The summed E-state index contributed by atoms with van der Waals surface area (Å²) < 4.78 is 0. The van der Waals surface area contributed by atoms with Gasteiger partial charge in [0.1, 0.15) is 0 Å². The van der Waals surface area contributed by atoms with Crippen LogP contribution in [0.1, 0.15) is 27.8 Å². The SMILES string of the molecule is Cc1ccc2cc(C#Cc3ccccc3)c(C#Cc3ccccc3)cc2c1. The molecule has 0 aliphatic rings. The van der Waals surface area contributed by atoms with Crippen LogP contribution >= 0.6 is 0 Å². The van der Waals surface area contributed by atoms with E-state index in [1.165, 1.54) is 16.3 Å². The lowest BCUT2D eigenvalue weighted by Gasteiger charge is -2.04. The maximum Gasteiger partial charge on any atom is 0.0412 e. The highest BCUT2D eigenvalue weighted by atomic mass is 14.0. The zero-order valence-corrected chi connectivity index (χ0v) is 15.2. The standard InChI is InChI=1S/C27H18/c1-21-12-15-26-19-24(16-13-22-8-4-2-5-9-22)25(20-27(26)18-21)17-14-23-10-6-3-7-11-23/h2-12,15,18-20H,1H3. The van der Waals surface area contributed by atoms with Gasteiger partial charge < -0.3 is 0 Å². The van der Waals surface area contributed by atoms with Gasteiger partial charge in [-0.15, -0.1) is 0 Å². The minimum Gasteiger partial charge on any atom is -0.0622 e. The van der Waals surface area contributed by atoms with E-state index in [0.717, 1.165) is 22.3 Å². The number of fused-ring (bicyclic) bond motifs is 1. The molecule has 0 amide bonds. The van der Waals surface area contributed by atoms with Gasteiger partial charge in [-0.1, -0.05) is 83.8 Å². The summed E-state index contributed by atoms with van der Waals surface area (Å²) in [6.45, 7) is 2.11. The molecule has 0 saturated carbocycles. The quantitative estimate of drug-likeness (QED) is 0.347. The highest BCUT2D eigenvalue weighted by molar-refractivity contribution is 5.86. The van der Waals surface area contributed by atoms with E-state index in [1.807, 2.05) is 60.7 Å². The molecule has 0 heterocycles. The molecule has 0 nitrogen and oxygen atoms in total. The average molecular weight is 342 g/mol. The molecule has 0 bridgehead atoms. The molecule has 0 aliphatic carbocycles. The van der Waals surface area contributed by atoms with E-state index in [4.69, 9.17) is 0 Å². The topological polar surface area (TPSA) is 0 Å². The van der Waals surface area contributed by atoms with E-state index < -0.39 is 0 Å². The molecule has 0 N–H and O–H groups in total. The second-order valence-electron chi connectivity index (χ2n) is 6.48. The normalized spacial score (nSPS) is 9.81. The highest BCUT2D eigenvalue weighted by Crippen LogP contribution is 2.21. The second-order valence-corrected chi connectivity index (χ2v) is 6.48. The van der Waals surface area contributed by atoms with Gasteiger partial charge in [0, 0.05) is 22.3 Å². The lowest BCUT2D eigenvalue weighted by Crippen LogP contribution is -1.87. The number of benzene rings is 4. The van der Waals surface area contributed by atoms with Crippen LogP contribution in [0.2, 0.25) is 0 Å². The Balaban J connectivity index is 1.84. The van der Waals surface area contributed by atoms with Crippen LogP contribution in [-0.2, 0) is 0 Å². The van der Waals surface area contributed by atoms with Gasteiger partial charge in [0.2, 0.25) is 0 Å². The van der Waals surface area contributed by atoms with Crippen LogP contribution in [-0.4, -0.2) is 0 Å². The van der Waals surface area contributed by atoms with Crippen molar-refractivity contribution in [3.8, 4) is 23.7 Å². The van der Waals surface area contributed by atoms with Gasteiger partial charge in [-0.3, -0.25) is 0 Å². The van der Waals surface area contributed by atoms with Crippen LogP contribution in [0.4, 0.5) is 0 Å². The minimum absolute atomic E-state index is 0.957. The van der Waals surface area contributed by atoms with Crippen molar-refractivity contribution in [3.05, 3.63) is 119 Å². The van der Waals surface area contributed by atoms with Gasteiger partial charge in [-0.25, -0.2) is 0 Å². The van der Waals surface area contributed by atoms with E-state index in [1.54, 1.807) is 0 Å². The smallest absolute Gasteiger partial charge is 0.0412 e. The Morgan fingerprint density at radius 3 is 1.56 bits per heavy atom. The molecule has 0 spiro atoms. The Bertz CT molecular complexity index is 1210. The molecule has 27 heavy (non-hydrogen) atoms. The van der Waals surface area contributed by atoms with Crippen molar-refractivity contribution in [3.63, 3.8) is 0 Å². The fourth-order valence-electron chi connectivity index (χ4n) is 2.95. The molecule has 4 rings (SSSR count). The minimum atomic E-state index is 0.957. The number of rotatable bonds is 0. The molecule has 0 fully saturated rings. The fourth-order valence-corrected chi connectivity index (χ4v) is 2.95. The summed E-state index contributed by atoms with van der Waals surface area (Å²) in [4.78, 5) is 0. The first kappa shape index (κ1) is 16.7. The fraction of sp³-hybridized carbons (Fsp3) is 0.0370. The molecule has 4 aromatic rings. The largest absolute Gasteiger partial charge is 0.0622 e. The van der Waals surface area contributed by atoms with E-state index in [-0.39, 0.29) is 0 Å². The second kappa shape index (κ2) is 7.65. The van der Waals surface area contributed by atoms with Crippen molar-refractivity contribution in [2.24, 2.45) is 0 Å². The first-order valence-electron chi connectivity index (χ1n) is 8.96. The van der Waals surface area contributed by atoms with Crippen molar-refractivity contribution < 1.29 is 0 Å². The predicted octanol–water partition coefficient (Wildman–Crippen LogP) is 5.95. The van der Waals surface area contributed by atoms with Gasteiger partial charge in [0.15, 0.2) is 0 Å². The molecule has 0 aromatic heterocycles. The predicted molar refractivity (Wildman–Crippen MR) is 114 cm³/mol. The van der Waals surface area contributed by atoms with Gasteiger partial charge in [0.05, 0.1) is 0 Å². The molecule has 0 saturated heterocycles. The first-order chi connectivity index (χ1) is 13.3. The third kappa shape index (κ3) is 4.09. The van der Waals surface area contributed by atoms with Crippen molar-refractivity contribution >= 4 is 10.8 Å². The lowest BCUT2D eigenvalue weighted by molar-refractivity contribution is 1.50. The zero-order chi connectivity index (χ0) is 18.5. The van der Waals surface area contributed by atoms with Crippen molar-refractivity contribution in [2.75, 3.05) is 0 Å². The van der Waals surface area contributed by atoms with E-state index >= 15 is 0 Å². The monoisotopic (exact) mass is 342 g/mol. The number of hydrogen-bond donors (Lipinski definition) is 0. The van der Waals surface area contributed by atoms with E-state index in [0.29, 0.717) is 0 Å². The lowest BCUT2D eigenvalue weighted by atomic mass is 9.99. The molecule has 0 aliphatic heterocycles. The summed E-state index contributed by atoms with van der Waals surface area (Å²) in [5.41, 5.74) is 5.17.